The van der Waals surface area contributed by atoms with Gasteiger partial charge in [0.25, 0.3) is 0 Å². The number of nitrogens with zero attached hydrogens (tertiary/aromatic N) is 4. The Balaban J connectivity index is 0.000000314. The van der Waals surface area contributed by atoms with E-state index in [1.807, 2.05) is 24.3 Å². The lowest BCUT2D eigenvalue weighted by Crippen LogP contribution is -2.14. The molecule has 35 heavy (non-hydrogen) atoms. The molecule has 2 heterocycles. The summed E-state index contributed by atoms with van der Waals surface area (Å²) in [5, 5.41) is 26.5. The first kappa shape index (κ1) is 23.7. The Labute approximate surface area is 205 Å². The maximum absolute atomic E-state index is 9.55. The molecule has 0 saturated carbocycles. The van der Waals surface area contributed by atoms with Crippen LogP contribution in [0.5, 0.6) is 0 Å². The second kappa shape index (κ2) is 10.6. The van der Waals surface area contributed by atoms with Crippen LogP contribution in [0.4, 0.5) is 5.69 Å². The number of amidine groups is 1. The maximum atomic E-state index is 9.55. The number of aliphatic imine (C=N–C) groups is 1. The van der Waals surface area contributed by atoms with Crippen molar-refractivity contribution in [3.05, 3.63) is 102 Å². The number of carboxylic acid groups (broad SMARTS) is 2. The molecular weight excluding hydrogens is 470 g/mol. The van der Waals surface area contributed by atoms with E-state index in [0.717, 1.165) is 22.6 Å². The summed E-state index contributed by atoms with van der Waals surface area (Å²) in [6.45, 7) is 0.596. The van der Waals surface area contributed by atoms with Gasteiger partial charge in [-0.25, -0.2) is 14.6 Å². The second-order valence-electron chi connectivity index (χ2n) is 7.51. The normalized spacial score (nSPS) is 13.9. The second-order valence-corrected chi connectivity index (χ2v) is 7.94. The highest BCUT2D eigenvalue weighted by Gasteiger charge is 2.21. The Morgan fingerprint density at radius 1 is 1.03 bits per heavy atom. The molecule has 9 nitrogen and oxygen atoms in total. The van der Waals surface area contributed by atoms with Crippen LogP contribution in [0.2, 0.25) is 5.02 Å². The van der Waals surface area contributed by atoms with Crippen molar-refractivity contribution in [2.24, 2.45) is 4.99 Å². The zero-order valence-corrected chi connectivity index (χ0v) is 19.0. The third-order valence-electron chi connectivity index (χ3n) is 5.15. The lowest BCUT2D eigenvalue weighted by Gasteiger charge is -2.15. The van der Waals surface area contributed by atoms with Crippen LogP contribution in [0.1, 0.15) is 17.2 Å². The van der Waals surface area contributed by atoms with Gasteiger partial charge in [-0.1, -0.05) is 54.1 Å². The topological polar surface area (TPSA) is 130 Å². The van der Waals surface area contributed by atoms with Gasteiger partial charge >= 0.3 is 11.9 Å². The average Bonchev–Trinajstić information content (AvgIpc) is 3.48. The highest BCUT2D eigenvalue weighted by atomic mass is 35.5. The Hall–Kier alpha value is -4.50. The number of anilines is 1. The van der Waals surface area contributed by atoms with Crippen molar-refractivity contribution in [1.82, 2.24) is 14.8 Å². The van der Waals surface area contributed by atoms with Gasteiger partial charge in [-0.3, -0.25) is 9.67 Å². The van der Waals surface area contributed by atoms with Gasteiger partial charge in [0.2, 0.25) is 0 Å². The number of halogens is 1. The molecule has 1 atom stereocenters. The van der Waals surface area contributed by atoms with Crippen LogP contribution in [0.25, 0.3) is 10.8 Å². The van der Waals surface area contributed by atoms with E-state index in [-0.39, 0.29) is 6.04 Å². The predicted molar refractivity (Wildman–Crippen MR) is 133 cm³/mol. The fourth-order valence-electron chi connectivity index (χ4n) is 3.65. The number of rotatable bonds is 6. The highest BCUT2D eigenvalue weighted by molar-refractivity contribution is 6.30. The minimum atomic E-state index is -1.26. The SMILES string of the molecule is Clc1ccc(C(Cn2cncn2)N=C2Nc3cccc4cccc2c34)cc1.O=C(O)/C=C/C(=O)O. The van der Waals surface area contributed by atoms with E-state index in [0.29, 0.717) is 23.7 Å². The summed E-state index contributed by atoms with van der Waals surface area (Å²) in [7, 11) is 0. The molecule has 1 aromatic heterocycles. The minimum Gasteiger partial charge on any atom is -0.478 e. The molecule has 0 bridgehead atoms. The molecule has 1 aliphatic heterocycles. The van der Waals surface area contributed by atoms with Gasteiger partial charge in [0.1, 0.15) is 18.5 Å². The number of carboxylic acids is 2. The standard InChI is InChI=1S/C21H16ClN5.C4H4O4/c22-16-9-7-14(8-10-16)19(11-27-13-23-12-24-27)26-21-17-5-1-3-15-4-2-6-18(25-21)20(15)17;5-3(6)1-2-4(7)8/h1-10,12-13,19H,11H2,(H,25,26);1-2H,(H,5,6)(H,7,8)/b;2-1+. The van der Waals surface area contributed by atoms with Gasteiger partial charge in [-0.05, 0) is 29.1 Å². The van der Waals surface area contributed by atoms with E-state index in [4.69, 9.17) is 26.8 Å². The quantitative estimate of drug-likeness (QED) is 0.342. The van der Waals surface area contributed by atoms with Crippen LogP contribution in [0.3, 0.4) is 0 Å². The summed E-state index contributed by atoms with van der Waals surface area (Å²) in [4.78, 5) is 28.2. The first-order chi connectivity index (χ1) is 16.9. The molecule has 3 aromatic carbocycles. The lowest BCUT2D eigenvalue weighted by atomic mass is 10.0. The average molecular weight is 490 g/mol. The van der Waals surface area contributed by atoms with E-state index in [2.05, 4.69) is 51.8 Å². The fourth-order valence-corrected chi connectivity index (χ4v) is 3.77. The number of carbonyl (C=O) groups is 2. The van der Waals surface area contributed by atoms with E-state index in [1.54, 1.807) is 11.0 Å². The summed E-state index contributed by atoms with van der Waals surface area (Å²) < 4.78 is 1.80. The van der Waals surface area contributed by atoms with Gasteiger partial charge in [0.15, 0.2) is 0 Å². The van der Waals surface area contributed by atoms with Crippen molar-refractivity contribution in [3.8, 4) is 0 Å². The monoisotopic (exact) mass is 489 g/mol. The Bertz CT molecular complexity index is 1390. The summed E-state index contributed by atoms with van der Waals surface area (Å²) in [6, 6.07) is 20.3. The molecule has 5 rings (SSSR count). The van der Waals surface area contributed by atoms with Crippen LogP contribution in [-0.2, 0) is 16.1 Å². The Morgan fingerprint density at radius 2 is 1.71 bits per heavy atom. The minimum absolute atomic E-state index is 0.115. The third-order valence-corrected chi connectivity index (χ3v) is 5.40. The van der Waals surface area contributed by atoms with E-state index < -0.39 is 11.9 Å². The zero-order chi connectivity index (χ0) is 24.8. The maximum Gasteiger partial charge on any atom is 0.328 e. The molecule has 0 amide bonds. The van der Waals surface area contributed by atoms with Crippen molar-refractivity contribution in [3.63, 3.8) is 0 Å². The predicted octanol–water partition coefficient (Wildman–Crippen LogP) is 4.41. The van der Waals surface area contributed by atoms with Crippen LogP contribution in [0.15, 0.2) is 90.5 Å². The molecule has 3 N–H and O–H groups in total. The molecule has 1 aliphatic rings. The molecule has 0 saturated heterocycles. The Morgan fingerprint density at radius 3 is 2.34 bits per heavy atom. The summed E-state index contributed by atoms with van der Waals surface area (Å²) >= 11 is 6.07. The first-order valence-corrected chi connectivity index (χ1v) is 10.9. The first-order valence-electron chi connectivity index (χ1n) is 10.5. The largest absolute Gasteiger partial charge is 0.478 e. The summed E-state index contributed by atoms with van der Waals surface area (Å²) in [5.74, 6) is -1.64. The van der Waals surface area contributed by atoms with Crippen LogP contribution < -0.4 is 5.32 Å². The van der Waals surface area contributed by atoms with Gasteiger partial charge < -0.3 is 15.5 Å². The number of nitrogens with one attached hydrogen (secondary N) is 1. The van der Waals surface area contributed by atoms with Crippen molar-refractivity contribution in [1.29, 1.82) is 0 Å². The zero-order valence-electron chi connectivity index (χ0n) is 18.2. The number of aliphatic carboxylic acids is 2. The van der Waals surface area contributed by atoms with Crippen LogP contribution in [-0.4, -0.2) is 42.8 Å². The molecule has 0 fully saturated rings. The molecule has 0 aliphatic carbocycles. The third kappa shape index (κ3) is 5.90. The molecule has 10 heteroatoms. The van der Waals surface area contributed by atoms with E-state index in [1.165, 1.54) is 17.1 Å². The molecule has 0 radical (unpaired) electrons. The summed E-state index contributed by atoms with van der Waals surface area (Å²) in [5.41, 5.74) is 3.30. The molecule has 1 unspecified atom stereocenters. The summed E-state index contributed by atoms with van der Waals surface area (Å²) in [6.07, 6.45) is 4.36. The smallest absolute Gasteiger partial charge is 0.328 e. The van der Waals surface area contributed by atoms with Crippen molar-refractivity contribution in [2.45, 2.75) is 12.6 Å². The molecule has 176 valence electrons. The van der Waals surface area contributed by atoms with Crippen molar-refractivity contribution in [2.75, 3.05) is 5.32 Å². The highest BCUT2D eigenvalue weighted by Crippen LogP contribution is 2.34. The molecule has 0 spiro atoms. The van der Waals surface area contributed by atoms with Gasteiger partial charge in [-0.2, -0.15) is 5.10 Å². The molecular formula is C25H20ClN5O4. The van der Waals surface area contributed by atoms with Crippen molar-refractivity contribution < 1.29 is 19.8 Å². The number of aromatic nitrogens is 3. The Kier molecular flexibility index (Phi) is 7.18. The van der Waals surface area contributed by atoms with E-state index >= 15 is 0 Å². The fraction of sp³-hybridized carbons (Fsp3) is 0.0800. The van der Waals surface area contributed by atoms with Gasteiger partial charge in [0.05, 0.1) is 12.6 Å². The van der Waals surface area contributed by atoms with Gasteiger partial charge in [-0.15, -0.1) is 0 Å². The van der Waals surface area contributed by atoms with Crippen LogP contribution >= 0.6 is 11.6 Å². The van der Waals surface area contributed by atoms with Gasteiger partial charge in [0, 0.05) is 33.8 Å². The van der Waals surface area contributed by atoms with E-state index in [9.17, 15) is 9.59 Å². The number of benzene rings is 3. The lowest BCUT2D eigenvalue weighted by molar-refractivity contribution is -0.134. The number of hydrogen-bond acceptors (Lipinski definition) is 5. The van der Waals surface area contributed by atoms with Crippen LogP contribution in [0, 0.1) is 0 Å². The van der Waals surface area contributed by atoms with Crippen molar-refractivity contribution >= 4 is 45.8 Å². The molecule has 4 aromatic rings. The number of hydrogen-bond donors (Lipinski definition) is 3.